The van der Waals surface area contributed by atoms with Crippen LogP contribution in [0.25, 0.3) is 0 Å². The van der Waals surface area contributed by atoms with Crippen molar-refractivity contribution in [1.82, 2.24) is 4.90 Å². The molecular weight excluding hydrogens is 446 g/mol. The number of ether oxygens (including phenoxy) is 2. The van der Waals surface area contributed by atoms with Crippen molar-refractivity contribution in [2.75, 3.05) is 36.6 Å². The van der Waals surface area contributed by atoms with Crippen LogP contribution in [0.1, 0.15) is 50.9 Å². The van der Waals surface area contributed by atoms with Gasteiger partial charge in [0.25, 0.3) is 0 Å². The third-order valence-electron chi connectivity index (χ3n) is 6.22. The lowest BCUT2D eigenvalue weighted by Crippen LogP contribution is -2.47. The molecule has 0 radical (unpaired) electrons. The molecule has 188 valence electrons. The summed E-state index contributed by atoms with van der Waals surface area (Å²) in [6.07, 6.45) is 1.20. The molecule has 35 heavy (non-hydrogen) atoms. The van der Waals surface area contributed by atoms with Crippen LogP contribution < -0.4 is 14.7 Å². The van der Waals surface area contributed by atoms with E-state index in [4.69, 9.17) is 14.3 Å². The molecule has 2 aliphatic rings. The lowest BCUT2D eigenvalue weighted by atomic mass is 10.0. The molecule has 0 bridgehead atoms. The van der Waals surface area contributed by atoms with E-state index in [9.17, 15) is 9.59 Å². The fourth-order valence-electron chi connectivity index (χ4n) is 4.44. The van der Waals surface area contributed by atoms with Crippen molar-refractivity contribution in [3.63, 3.8) is 0 Å². The number of nitrogens with zero attached hydrogens (tertiary/aromatic N) is 3. The molecule has 0 N–H and O–H groups in total. The summed E-state index contributed by atoms with van der Waals surface area (Å²) in [7, 11) is 1.81. The normalized spacial score (nSPS) is 18.4. The van der Waals surface area contributed by atoms with E-state index in [2.05, 4.69) is 4.90 Å². The SMILES string of the molecule is C[C@H]1CN(OC(=O)c2ccccc2)c2cccc(N3CCC(N(C)C(=O)OC(C)(C)C)CC3)c2O1. The lowest BCUT2D eigenvalue weighted by Gasteiger charge is -2.40. The van der Waals surface area contributed by atoms with E-state index < -0.39 is 11.6 Å². The zero-order valence-corrected chi connectivity index (χ0v) is 21.2. The summed E-state index contributed by atoms with van der Waals surface area (Å²) >= 11 is 0. The molecular formula is C27H35N3O5. The standard InChI is InChI=1S/C27H35N3O5/c1-19-18-30(35-25(31)20-10-7-6-8-11-20)23-13-9-12-22(24(23)33-19)29-16-14-21(15-17-29)28(5)26(32)34-27(2,3)4/h6-13,19,21H,14-18H2,1-5H3/t19-/m0/s1. The molecule has 4 rings (SSSR count). The highest BCUT2D eigenvalue weighted by Gasteiger charge is 2.33. The maximum absolute atomic E-state index is 12.7. The predicted molar refractivity (Wildman–Crippen MR) is 135 cm³/mol. The van der Waals surface area contributed by atoms with Crippen molar-refractivity contribution < 1.29 is 23.9 Å². The summed E-state index contributed by atoms with van der Waals surface area (Å²) in [5.74, 6) is 0.313. The molecule has 2 aromatic carbocycles. The lowest BCUT2D eigenvalue weighted by molar-refractivity contribution is 0.0199. The zero-order chi connectivity index (χ0) is 25.2. The fourth-order valence-corrected chi connectivity index (χ4v) is 4.44. The second kappa shape index (κ2) is 10.1. The number of amides is 1. The highest BCUT2D eigenvalue weighted by molar-refractivity contribution is 5.90. The van der Waals surface area contributed by atoms with Crippen molar-refractivity contribution in [2.45, 2.75) is 58.3 Å². The van der Waals surface area contributed by atoms with Gasteiger partial charge in [-0.25, -0.2) is 9.59 Å². The summed E-state index contributed by atoms with van der Waals surface area (Å²) in [5, 5.41) is 1.63. The molecule has 2 aliphatic heterocycles. The van der Waals surface area contributed by atoms with Gasteiger partial charge in [-0.15, -0.1) is 0 Å². The number of para-hydroxylation sites is 1. The molecule has 0 saturated carbocycles. The van der Waals surface area contributed by atoms with E-state index in [0.717, 1.165) is 37.3 Å². The zero-order valence-electron chi connectivity index (χ0n) is 21.2. The fraction of sp³-hybridized carbons (Fsp3) is 0.481. The highest BCUT2D eigenvalue weighted by atomic mass is 16.7. The van der Waals surface area contributed by atoms with Crippen molar-refractivity contribution in [3.8, 4) is 5.75 Å². The van der Waals surface area contributed by atoms with Gasteiger partial charge in [0.2, 0.25) is 0 Å². The molecule has 0 unspecified atom stereocenters. The van der Waals surface area contributed by atoms with Crippen LogP contribution >= 0.6 is 0 Å². The second-order valence-electron chi connectivity index (χ2n) is 10.2. The molecule has 0 spiro atoms. The highest BCUT2D eigenvalue weighted by Crippen LogP contribution is 2.42. The van der Waals surface area contributed by atoms with Gasteiger partial charge >= 0.3 is 12.1 Å². The Kier molecular flexibility index (Phi) is 7.10. The minimum atomic E-state index is -0.515. The van der Waals surface area contributed by atoms with Gasteiger partial charge in [0, 0.05) is 26.2 Å². The minimum Gasteiger partial charge on any atom is -0.484 e. The van der Waals surface area contributed by atoms with Gasteiger partial charge in [-0.3, -0.25) is 0 Å². The summed E-state index contributed by atoms with van der Waals surface area (Å²) in [5.41, 5.74) is 1.69. The number of hydroxylamine groups is 1. The molecule has 1 amide bonds. The first kappa shape index (κ1) is 24.7. The Labute approximate surface area is 207 Å². The number of rotatable bonds is 4. The van der Waals surface area contributed by atoms with Crippen LogP contribution in [-0.4, -0.2) is 61.4 Å². The number of carbonyl (C=O) groups is 2. The molecule has 0 aliphatic carbocycles. The summed E-state index contributed by atoms with van der Waals surface area (Å²) in [6.45, 7) is 9.58. The van der Waals surface area contributed by atoms with E-state index in [1.807, 2.05) is 71.1 Å². The van der Waals surface area contributed by atoms with Gasteiger partial charge in [0.15, 0.2) is 5.75 Å². The Morgan fingerprint density at radius 1 is 1.00 bits per heavy atom. The van der Waals surface area contributed by atoms with Gasteiger partial charge in [-0.1, -0.05) is 24.3 Å². The topological polar surface area (TPSA) is 71.6 Å². The molecule has 1 saturated heterocycles. The quantitative estimate of drug-likeness (QED) is 0.616. The third kappa shape index (κ3) is 5.81. The van der Waals surface area contributed by atoms with Gasteiger partial charge < -0.3 is 24.1 Å². The van der Waals surface area contributed by atoms with Crippen LogP contribution in [0.15, 0.2) is 48.5 Å². The second-order valence-corrected chi connectivity index (χ2v) is 10.2. The Hall–Kier alpha value is -3.42. The van der Waals surface area contributed by atoms with Crippen LogP contribution in [-0.2, 0) is 9.57 Å². The summed E-state index contributed by atoms with van der Waals surface area (Å²) < 4.78 is 11.8. The van der Waals surface area contributed by atoms with E-state index in [-0.39, 0.29) is 18.2 Å². The minimum absolute atomic E-state index is 0.115. The maximum atomic E-state index is 12.7. The largest absolute Gasteiger partial charge is 0.484 e. The Morgan fingerprint density at radius 3 is 2.31 bits per heavy atom. The Bertz CT molecular complexity index is 1040. The number of hydrogen-bond acceptors (Lipinski definition) is 7. The molecule has 1 fully saturated rings. The van der Waals surface area contributed by atoms with E-state index in [1.165, 1.54) is 0 Å². The van der Waals surface area contributed by atoms with Gasteiger partial charge in [0.1, 0.15) is 17.4 Å². The first-order valence-electron chi connectivity index (χ1n) is 12.2. The predicted octanol–water partition coefficient (Wildman–Crippen LogP) is 4.88. The number of hydrogen-bond donors (Lipinski definition) is 0. The molecule has 0 aromatic heterocycles. The monoisotopic (exact) mass is 481 g/mol. The van der Waals surface area contributed by atoms with E-state index >= 15 is 0 Å². The summed E-state index contributed by atoms with van der Waals surface area (Å²) in [4.78, 5) is 34.9. The molecule has 2 heterocycles. The Balaban J connectivity index is 1.46. The Morgan fingerprint density at radius 2 is 1.66 bits per heavy atom. The first-order chi connectivity index (χ1) is 16.6. The van der Waals surface area contributed by atoms with Crippen molar-refractivity contribution in [1.29, 1.82) is 0 Å². The maximum Gasteiger partial charge on any atom is 0.410 e. The van der Waals surface area contributed by atoms with Gasteiger partial charge in [-0.2, -0.15) is 5.06 Å². The molecule has 8 heteroatoms. The van der Waals surface area contributed by atoms with Crippen LogP contribution in [0, 0.1) is 0 Å². The van der Waals surface area contributed by atoms with E-state index in [0.29, 0.717) is 17.9 Å². The van der Waals surface area contributed by atoms with E-state index in [1.54, 1.807) is 22.1 Å². The average molecular weight is 482 g/mol. The van der Waals surface area contributed by atoms with Crippen molar-refractivity contribution >= 4 is 23.4 Å². The molecule has 2 aromatic rings. The van der Waals surface area contributed by atoms with Crippen LogP contribution in [0.4, 0.5) is 16.2 Å². The van der Waals surface area contributed by atoms with Crippen molar-refractivity contribution in [3.05, 3.63) is 54.1 Å². The van der Waals surface area contributed by atoms with Gasteiger partial charge in [0.05, 0.1) is 17.8 Å². The van der Waals surface area contributed by atoms with Crippen LogP contribution in [0.5, 0.6) is 5.75 Å². The number of fused-ring (bicyclic) bond motifs is 1. The molecule has 8 nitrogen and oxygen atoms in total. The molecule has 1 atom stereocenters. The average Bonchev–Trinajstić information content (AvgIpc) is 2.83. The van der Waals surface area contributed by atoms with Gasteiger partial charge in [-0.05, 0) is 64.8 Å². The number of anilines is 2. The smallest absolute Gasteiger partial charge is 0.410 e. The number of carbonyl (C=O) groups excluding carboxylic acids is 2. The first-order valence-corrected chi connectivity index (χ1v) is 12.2. The van der Waals surface area contributed by atoms with Crippen LogP contribution in [0.2, 0.25) is 0 Å². The third-order valence-corrected chi connectivity index (χ3v) is 6.22. The number of benzene rings is 2. The van der Waals surface area contributed by atoms with Crippen molar-refractivity contribution in [2.24, 2.45) is 0 Å². The summed E-state index contributed by atoms with van der Waals surface area (Å²) in [6, 6.07) is 15.0. The number of piperidine rings is 1. The van der Waals surface area contributed by atoms with Crippen LogP contribution in [0.3, 0.4) is 0 Å².